The molecule has 1 N–H and O–H groups in total. The van der Waals surface area contributed by atoms with E-state index in [1.165, 1.54) is 12.1 Å². The minimum absolute atomic E-state index is 0.158. The summed E-state index contributed by atoms with van der Waals surface area (Å²) >= 11 is 1.78. The highest BCUT2D eigenvalue weighted by Gasteiger charge is 2.72. The number of aliphatic hydroxyl groups excluding tert-OH is 1. The average Bonchev–Trinajstić information content (AvgIpc) is 2.26. The summed E-state index contributed by atoms with van der Waals surface area (Å²) in [5.74, 6) is -11.6. The maximum absolute atomic E-state index is 13.1. The van der Waals surface area contributed by atoms with Crippen LogP contribution >= 0.6 is 22.6 Å². The van der Waals surface area contributed by atoms with E-state index in [4.69, 9.17) is 0 Å². The summed E-state index contributed by atoms with van der Waals surface area (Å²) in [6.07, 6.45) is -10.5. The second-order valence-corrected chi connectivity index (χ2v) is 5.30. The SMILES string of the molecule is OC(CC(F)(F)C(F)(F)C(F)(F)F)c1cccc(I)c1. The number of rotatable bonds is 4. The van der Waals surface area contributed by atoms with Crippen molar-refractivity contribution in [3.05, 3.63) is 33.4 Å². The van der Waals surface area contributed by atoms with Crippen molar-refractivity contribution in [1.29, 1.82) is 0 Å². The van der Waals surface area contributed by atoms with Gasteiger partial charge < -0.3 is 5.11 Å². The van der Waals surface area contributed by atoms with Crippen LogP contribution in [-0.2, 0) is 0 Å². The lowest BCUT2D eigenvalue weighted by Gasteiger charge is -2.29. The van der Waals surface area contributed by atoms with E-state index in [-0.39, 0.29) is 5.56 Å². The number of benzene rings is 1. The molecular formula is C11H8F7IO. The summed E-state index contributed by atoms with van der Waals surface area (Å²) in [5.41, 5.74) is -0.158. The van der Waals surface area contributed by atoms with Crippen molar-refractivity contribution >= 4 is 22.6 Å². The van der Waals surface area contributed by atoms with Crippen LogP contribution in [0.5, 0.6) is 0 Å². The molecule has 0 heterocycles. The van der Waals surface area contributed by atoms with Crippen molar-refractivity contribution in [2.75, 3.05) is 0 Å². The summed E-state index contributed by atoms with van der Waals surface area (Å²) in [6, 6.07) is 5.28. The fourth-order valence-electron chi connectivity index (χ4n) is 1.41. The van der Waals surface area contributed by atoms with E-state index in [1.54, 1.807) is 28.7 Å². The predicted octanol–water partition coefficient (Wildman–Crippen LogP) is 4.55. The summed E-state index contributed by atoms with van der Waals surface area (Å²) in [6.45, 7) is 0. The second kappa shape index (κ2) is 5.66. The van der Waals surface area contributed by atoms with Gasteiger partial charge in [-0.25, -0.2) is 0 Å². The van der Waals surface area contributed by atoms with E-state index in [2.05, 4.69) is 0 Å². The van der Waals surface area contributed by atoms with Gasteiger partial charge in [-0.3, -0.25) is 0 Å². The lowest BCUT2D eigenvalue weighted by Crippen LogP contribution is -2.52. The molecule has 0 fully saturated rings. The molecule has 1 rings (SSSR count). The maximum Gasteiger partial charge on any atom is 0.459 e. The van der Waals surface area contributed by atoms with Crippen LogP contribution in [0.2, 0.25) is 0 Å². The van der Waals surface area contributed by atoms with E-state index in [0.29, 0.717) is 3.57 Å². The first kappa shape index (κ1) is 17.5. The van der Waals surface area contributed by atoms with Crippen molar-refractivity contribution in [3.63, 3.8) is 0 Å². The molecule has 0 saturated carbocycles. The van der Waals surface area contributed by atoms with Crippen molar-refractivity contribution in [3.8, 4) is 0 Å². The van der Waals surface area contributed by atoms with Gasteiger partial charge in [-0.1, -0.05) is 12.1 Å². The first-order chi connectivity index (χ1) is 8.88. The Labute approximate surface area is 122 Å². The standard InChI is InChI=1S/C11H8F7IO/c12-9(13,10(14,15)11(16,17)18)5-8(20)6-2-1-3-7(19)4-6/h1-4,8,20H,5H2. The predicted molar refractivity (Wildman–Crippen MR) is 64.7 cm³/mol. The van der Waals surface area contributed by atoms with Gasteiger partial charge in [0.25, 0.3) is 0 Å². The Morgan fingerprint density at radius 3 is 2.05 bits per heavy atom. The zero-order valence-electron chi connectivity index (χ0n) is 9.56. The molecule has 0 aliphatic heterocycles. The highest BCUT2D eigenvalue weighted by atomic mass is 127. The van der Waals surface area contributed by atoms with Gasteiger partial charge in [0.15, 0.2) is 0 Å². The number of alkyl halides is 7. The lowest BCUT2D eigenvalue weighted by atomic mass is 9.99. The Balaban J connectivity index is 2.96. The first-order valence-corrected chi connectivity index (χ1v) is 6.22. The molecule has 0 amide bonds. The normalized spacial score (nSPS) is 15.2. The van der Waals surface area contributed by atoms with Gasteiger partial charge >= 0.3 is 18.0 Å². The third kappa shape index (κ3) is 3.54. The van der Waals surface area contributed by atoms with Crippen molar-refractivity contribution in [2.24, 2.45) is 0 Å². The summed E-state index contributed by atoms with van der Waals surface area (Å²) in [7, 11) is 0. The van der Waals surface area contributed by atoms with E-state index in [1.807, 2.05) is 0 Å². The van der Waals surface area contributed by atoms with Gasteiger partial charge in [0.2, 0.25) is 0 Å². The highest BCUT2D eigenvalue weighted by Crippen LogP contribution is 2.49. The maximum atomic E-state index is 13.1. The largest absolute Gasteiger partial charge is 0.459 e. The summed E-state index contributed by atoms with van der Waals surface area (Å²) < 4.78 is 87.9. The third-order valence-electron chi connectivity index (χ3n) is 2.50. The molecule has 114 valence electrons. The molecule has 1 aromatic rings. The molecule has 0 aliphatic rings. The Morgan fingerprint density at radius 1 is 1.05 bits per heavy atom. The van der Waals surface area contributed by atoms with Gasteiger partial charge in [0.1, 0.15) is 0 Å². The molecule has 1 nitrogen and oxygen atoms in total. The number of hydrogen-bond donors (Lipinski definition) is 1. The van der Waals surface area contributed by atoms with E-state index in [0.717, 1.165) is 6.07 Å². The Bertz CT molecular complexity index is 472. The van der Waals surface area contributed by atoms with Gasteiger partial charge in [0, 0.05) is 9.99 Å². The third-order valence-corrected chi connectivity index (χ3v) is 3.17. The molecule has 1 aromatic carbocycles. The van der Waals surface area contributed by atoms with Crippen molar-refractivity contribution in [1.82, 2.24) is 0 Å². The number of aliphatic hydroxyl groups is 1. The topological polar surface area (TPSA) is 20.2 Å². The van der Waals surface area contributed by atoms with Gasteiger partial charge in [-0.2, -0.15) is 30.7 Å². The van der Waals surface area contributed by atoms with Crippen LogP contribution in [0.1, 0.15) is 18.1 Å². The minimum atomic E-state index is -6.39. The van der Waals surface area contributed by atoms with Crippen LogP contribution in [0.4, 0.5) is 30.7 Å². The molecule has 1 atom stereocenters. The number of halogens is 8. The molecular weight excluding hydrogens is 408 g/mol. The van der Waals surface area contributed by atoms with Gasteiger partial charge in [-0.15, -0.1) is 0 Å². The Kier molecular flexibility index (Phi) is 4.95. The van der Waals surface area contributed by atoms with Crippen LogP contribution in [0.3, 0.4) is 0 Å². The number of hydrogen-bond acceptors (Lipinski definition) is 1. The second-order valence-electron chi connectivity index (χ2n) is 4.05. The van der Waals surface area contributed by atoms with Crippen LogP contribution in [0.15, 0.2) is 24.3 Å². The molecule has 0 spiro atoms. The van der Waals surface area contributed by atoms with Crippen LogP contribution in [0, 0.1) is 3.57 Å². The first-order valence-electron chi connectivity index (χ1n) is 5.14. The molecule has 0 aromatic heterocycles. The zero-order valence-corrected chi connectivity index (χ0v) is 11.7. The average molecular weight is 416 g/mol. The molecule has 1 unspecified atom stereocenters. The highest BCUT2D eigenvalue weighted by molar-refractivity contribution is 14.1. The van der Waals surface area contributed by atoms with Gasteiger partial charge in [-0.05, 0) is 40.3 Å². The smallest absolute Gasteiger partial charge is 0.388 e. The molecule has 9 heteroatoms. The molecule has 0 bridgehead atoms. The zero-order chi connectivity index (χ0) is 15.8. The van der Waals surface area contributed by atoms with Crippen molar-refractivity contribution < 1.29 is 35.8 Å². The summed E-state index contributed by atoms with van der Waals surface area (Å²) in [5, 5.41) is 9.43. The van der Waals surface area contributed by atoms with Crippen LogP contribution in [-0.4, -0.2) is 23.1 Å². The quantitative estimate of drug-likeness (QED) is 0.565. The monoisotopic (exact) mass is 416 g/mol. The molecule has 0 radical (unpaired) electrons. The van der Waals surface area contributed by atoms with Gasteiger partial charge in [0.05, 0.1) is 6.10 Å². The molecule has 20 heavy (non-hydrogen) atoms. The Morgan fingerprint density at radius 2 is 1.60 bits per heavy atom. The van der Waals surface area contributed by atoms with E-state index < -0.39 is 30.5 Å². The van der Waals surface area contributed by atoms with Crippen LogP contribution < -0.4 is 0 Å². The summed E-state index contributed by atoms with van der Waals surface area (Å²) in [4.78, 5) is 0. The van der Waals surface area contributed by atoms with Crippen molar-refractivity contribution in [2.45, 2.75) is 30.5 Å². The lowest BCUT2D eigenvalue weighted by molar-refractivity contribution is -0.358. The Hall–Kier alpha value is -0.580. The van der Waals surface area contributed by atoms with E-state index in [9.17, 15) is 35.8 Å². The van der Waals surface area contributed by atoms with Crippen LogP contribution in [0.25, 0.3) is 0 Å². The molecule has 0 saturated heterocycles. The fraction of sp³-hybridized carbons (Fsp3) is 0.455. The minimum Gasteiger partial charge on any atom is -0.388 e. The fourth-order valence-corrected chi connectivity index (χ4v) is 1.98. The molecule has 0 aliphatic carbocycles. The van der Waals surface area contributed by atoms with E-state index >= 15 is 0 Å².